The summed E-state index contributed by atoms with van der Waals surface area (Å²) < 4.78 is 0. The number of fused-ring (bicyclic) bond motifs is 1. The van der Waals surface area contributed by atoms with Crippen molar-refractivity contribution in [2.75, 3.05) is 51.7 Å². The average Bonchev–Trinajstić information content (AvgIpc) is 3.13. The quantitative estimate of drug-likeness (QED) is 0.808. The largest absolute Gasteiger partial charge is 0.369 e. The van der Waals surface area contributed by atoms with Crippen molar-refractivity contribution < 1.29 is 4.79 Å². The predicted molar refractivity (Wildman–Crippen MR) is 124 cm³/mol. The third-order valence-electron chi connectivity index (χ3n) is 7.14. The van der Waals surface area contributed by atoms with Crippen molar-refractivity contribution in [1.82, 2.24) is 15.1 Å². The first-order valence-electron chi connectivity index (χ1n) is 11.6. The van der Waals surface area contributed by atoms with Crippen molar-refractivity contribution in [3.05, 3.63) is 29.3 Å². The number of carbonyl (C=O) groups excluding carboxylic acids is 1. The zero-order chi connectivity index (χ0) is 21.1. The maximum Gasteiger partial charge on any atom is 0.317 e. The van der Waals surface area contributed by atoms with E-state index in [1.807, 2.05) is 0 Å². The van der Waals surface area contributed by atoms with Crippen LogP contribution in [0.1, 0.15) is 50.2 Å². The lowest BCUT2D eigenvalue weighted by molar-refractivity contribution is 0.194. The minimum atomic E-state index is 0.0438. The Balaban J connectivity index is 1.16. The second-order valence-electron chi connectivity index (χ2n) is 9.42. The summed E-state index contributed by atoms with van der Waals surface area (Å²) >= 11 is 0. The summed E-state index contributed by atoms with van der Waals surface area (Å²) in [7, 11) is 3.61. The lowest BCUT2D eigenvalue weighted by Gasteiger charge is -2.37. The van der Waals surface area contributed by atoms with Crippen LogP contribution >= 0.6 is 0 Å². The first-order chi connectivity index (χ1) is 14.5. The summed E-state index contributed by atoms with van der Waals surface area (Å²) in [6.07, 6.45) is 6.03. The van der Waals surface area contributed by atoms with E-state index in [0.717, 1.165) is 51.5 Å². The zero-order valence-corrected chi connectivity index (χ0v) is 18.9. The molecule has 2 aliphatic heterocycles. The fourth-order valence-electron chi connectivity index (χ4n) is 5.04. The Bertz CT molecular complexity index is 774. The molecule has 3 aliphatic rings. The first-order valence-corrected chi connectivity index (χ1v) is 11.6. The van der Waals surface area contributed by atoms with E-state index in [2.05, 4.69) is 45.2 Å². The Kier molecular flexibility index (Phi) is 6.61. The Morgan fingerprint density at radius 3 is 2.57 bits per heavy atom. The monoisotopic (exact) mass is 411 g/mol. The van der Waals surface area contributed by atoms with Gasteiger partial charge in [-0.1, -0.05) is 6.07 Å². The molecule has 1 saturated carbocycles. The van der Waals surface area contributed by atoms with Crippen molar-refractivity contribution in [3.8, 4) is 0 Å². The van der Waals surface area contributed by atoms with Crippen LogP contribution in [0.4, 0.5) is 10.5 Å². The third-order valence-corrected chi connectivity index (χ3v) is 7.14. The minimum absolute atomic E-state index is 0.0438. The molecule has 1 saturated heterocycles. The Labute approximate surface area is 181 Å². The number of amides is 2. The molecule has 0 atom stereocenters. The molecule has 1 aromatic rings. The van der Waals surface area contributed by atoms with Crippen LogP contribution in [0.2, 0.25) is 0 Å². The highest BCUT2D eigenvalue weighted by molar-refractivity contribution is 6.02. The Morgan fingerprint density at radius 2 is 1.87 bits per heavy atom. The van der Waals surface area contributed by atoms with Gasteiger partial charge in [0.1, 0.15) is 0 Å². The van der Waals surface area contributed by atoms with Crippen LogP contribution in [0.3, 0.4) is 0 Å². The number of hydrogen-bond acceptors (Lipinski definition) is 4. The van der Waals surface area contributed by atoms with E-state index in [4.69, 9.17) is 0 Å². The summed E-state index contributed by atoms with van der Waals surface area (Å²) in [6.45, 7) is 8.70. The molecular weight excluding hydrogens is 374 g/mol. The highest BCUT2D eigenvalue weighted by atomic mass is 16.2. The van der Waals surface area contributed by atoms with Gasteiger partial charge in [0.15, 0.2) is 0 Å². The van der Waals surface area contributed by atoms with Gasteiger partial charge in [0.25, 0.3) is 0 Å². The van der Waals surface area contributed by atoms with E-state index >= 15 is 0 Å². The summed E-state index contributed by atoms with van der Waals surface area (Å²) in [5, 5.41) is 3.15. The molecule has 2 heterocycles. The molecule has 2 fully saturated rings. The van der Waals surface area contributed by atoms with E-state index in [0.29, 0.717) is 6.04 Å². The van der Waals surface area contributed by atoms with Gasteiger partial charge >= 0.3 is 6.03 Å². The van der Waals surface area contributed by atoms with Crippen molar-refractivity contribution in [3.63, 3.8) is 0 Å². The van der Waals surface area contributed by atoms with Gasteiger partial charge in [0.05, 0.1) is 6.54 Å². The van der Waals surface area contributed by atoms with E-state index in [1.165, 1.54) is 48.3 Å². The predicted octanol–water partition coefficient (Wildman–Crippen LogP) is 3.35. The summed E-state index contributed by atoms with van der Waals surface area (Å²) in [5.74, 6) is 0.815. The van der Waals surface area contributed by atoms with Crippen LogP contribution in [-0.4, -0.2) is 74.4 Å². The molecule has 164 valence electrons. The van der Waals surface area contributed by atoms with Crippen LogP contribution in [0.25, 0.3) is 0 Å². The standard InChI is InChI=1S/C24H37N5O/c1-18-23-9-8-22(16-20(23)17-25-18)29-14-12-28(13-15-29)11-10-19-4-6-21(7-5-19)26-24(30)27(2)3/h8-9,16,19,21H,4-7,10-15,17H2,1-3H3,(H,26,30). The third kappa shape index (κ3) is 4.97. The minimum Gasteiger partial charge on any atom is -0.369 e. The van der Waals surface area contributed by atoms with E-state index < -0.39 is 0 Å². The number of carbonyl (C=O) groups is 1. The number of rotatable bonds is 5. The fraction of sp³-hybridized carbons (Fsp3) is 0.667. The van der Waals surface area contributed by atoms with Crippen LogP contribution in [0.15, 0.2) is 23.2 Å². The summed E-state index contributed by atoms with van der Waals surface area (Å²) in [4.78, 5) is 23.2. The normalized spacial score (nSPS) is 24.4. The zero-order valence-electron chi connectivity index (χ0n) is 18.9. The van der Waals surface area contributed by atoms with Crippen molar-refractivity contribution in [1.29, 1.82) is 0 Å². The van der Waals surface area contributed by atoms with Gasteiger partial charge in [-0.3, -0.25) is 9.89 Å². The molecule has 0 bridgehead atoms. The number of urea groups is 1. The van der Waals surface area contributed by atoms with Crippen molar-refractivity contribution in [2.24, 2.45) is 10.9 Å². The Hall–Kier alpha value is -2.08. The van der Waals surface area contributed by atoms with E-state index in [1.54, 1.807) is 19.0 Å². The van der Waals surface area contributed by atoms with Crippen LogP contribution in [0.5, 0.6) is 0 Å². The molecule has 6 nitrogen and oxygen atoms in total. The SMILES string of the molecule is CC1=NCc2cc(N3CCN(CCC4CCC(NC(=O)N(C)C)CC4)CC3)ccc21. The molecule has 4 rings (SSSR count). The molecule has 0 spiro atoms. The lowest BCUT2D eigenvalue weighted by atomic mass is 9.84. The van der Waals surface area contributed by atoms with Gasteiger partial charge in [0.2, 0.25) is 0 Å². The molecule has 0 radical (unpaired) electrons. The van der Waals surface area contributed by atoms with Gasteiger partial charge in [-0.25, -0.2) is 4.79 Å². The second-order valence-corrected chi connectivity index (χ2v) is 9.42. The van der Waals surface area contributed by atoms with Crippen molar-refractivity contribution >= 4 is 17.4 Å². The van der Waals surface area contributed by atoms with Gasteiger partial charge in [-0.05, 0) is 69.2 Å². The molecule has 30 heavy (non-hydrogen) atoms. The number of benzene rings is 1. The van der Waals surface area contributed by atoms with Gasteiger partial charge in [-0.15, -0.1) is 0 Å². The highest BCUT2D eigenvalue weighted by Gasteiger charge is 2.24. The van der Waals surface area contributed by atoms with Gasteiger partial charge < -0.3 is 15.1 Å². The molecule has 0 unspecified atom stereocenters. The number of nitrogens with zero attached hydrogens (tertiary/aromatic N) is 4. The maximum atomic E-state index is 11.8. The number of aliphatic imine (C=N–C) groups is 1. The molecular formula is C24H37N5O. The first kappa shape index (κ1) is 21.2. The maximum absolute atomic E-state index is 11.8. The van der Waals surface area contributed by atoms with Crippen LogP contribution < -0.4 is 10.2 Å². The Morgan fingerprint density at radius 1 is 1.13 bits per heavy atom. The second kappa shape index (κ2) is 9.38. The molecule has 1 N–H and O–H groups in total. The van der Waals surface area contributed by atoms with Crippen molar-refractivity contribution in [2.45, 2.75) is 51.6 Å². The average molecular weight is 412 g/mol. The number of anilines is 1. The molecule has 6 heteroatoms. The van der Waals surface area contributed by atoms with Crippen LogP contribution in [0, 0.1) is 5.92 Å². The van der Waals surface area contributed by atoms with Gasteiger partial charge in [-0.2, -0.15) is 0 Å². The number of hydrogen-bond donors (Lipinski definition) is 1. The lowest BCUT2D eigenvalue weighted by Crippen LogP contribution is -2.47. The highest BCUT2D eigenvalue weighted by Crippen LogP contribution is 2.28. The molecule has 2 amide bonds. The number of piperazine rings is 1. The van der Waals surface area contributed by atoms with Crippen LogP contribution in [-0.2, 0) is 6.54 Å². The van der Waals surface area contributed by atoms with E-state index in [9.17, 15) is 4.79 Å². The van der Waals surface area contributed by atoms with E-state index in [-0.39, 0.29) is 6.03 Å². The molecule has 1 aliphatic carbocycles. The summed E-state index contributed by atoms with van der Waals surface area (Å²) in [6, 6.07) is 7.27. The summed E-state index contributed by atoms with van der Waals surface area (Å²) in [5.41, 5.74) is 5.24. The fourth-order valence-corrected chi connectivity index (χ4v) is 5.04. The molecule has 0 aromatic heterocycles. The smallest absolute Gasteiger partial charge is 0.317 e. The topological polar surface area (TPSA) is 51.2 Å². The molecule has 1 aromatic carbocycles. The number of nitrogens with one attached hydrogen (secondary N) is 1. The van der Waals surface area contributed by atoms with Gasteiger partial charge in [0, 0.05) is 63.3 Å².